The Morgan fingerprint density at radius 3 is 2.61 bits per heavy atom. The molecule has 0 bridgehead atoms. The third kappa shape index (κ3) is 3.72. The van der Waals surface area contributed by atoms with Gasteiger partial charge in [0, 0.05) is 5.02 Å². The molecule has 0 spiro atoms. The molecule has 0 saturated carbocycles. The van der Waals surface area contributed by atoms with E-state index in [2.05, 4.69) is 4.98 Å². The number of ether oxygens (including phenoxy) is 2. The van der Waals surface area contributed by atoms with Gasteiger partial charge in [-0.1, -0.05) is 22.9 Å². The molecule has 5 nitrogen and oxygen atoms in total. The quantitative estimate of drug-likeness (QED) is 0.729. The van der Waals surface area contributed by atoms with Crippen molar-refractivity contribution >= 4 is 39.1 Å². The number of aromatic nitrogens is 1. The summed E-state index contributed by atoms with van der Waals surface area (Å²) in [5.41, 5.74) is 0.824. The third-order valence-corrected chi connectivity index (χ3v) is 4.15. The van der Waals surface area contributed by atoms with Gasteiger partial charge in [-0.25, -0.2) is 9.78 Å². The molecule has 0 aliphatic carbocycles. The first-order valence-corrected chi connectivity index (χ1v) is 7.94. The molecule has 1 atom stereocenters. The molecule has 1 aromatic heterocycles. The van der Waals surface area contributed by atoms with Crippen molar-refractivity contribution in [2.24, 2.45) is 0 Å². The second kappa shape index (κ2) is 6.44. The van der Waals surface area contributed by atoms with Crippen LogP contribution in [0.5, 0.6) is 16.7 Å². The zero-order valence-corrected chi connectivity index (χ0v) is 13.6. The average molecular weight is 350 g/mol. The van der Waals surface area contributed by atoms with Gasteiger partial charge in [0.2, 0.25) is 0 Å². The molecular weight excluding hydrogens is 338 g/mol. The molecule has 23 heavy (non-hydrogen) atoms. The van der Waals surface area contributed by atoms with E-state index in [9.17, 15) is 4.79 Å². The van der Waals surface area contributed by atoms with Crippen LogP contribution in [-0.4, -0.2) is 22.2 Å². The number of carboxylic acids is 1. The maximum Gasteiger partial charge on any atom is 0.344 e. The maximum absolute atomic E-state index is 10.8. The number of benzene rings is 2. The summed E-state index contributed by atoms with van der Waals surface area (Å²) in [4.78, 5) is 15.1. The van der Waals surface area contributed by atoms with Crippen molar-refractivity contribution in [2.45, 2.75) is 13.0 Å². The van der Waals surface area contributed by atoms with Crippen LogP contribution in [0.2, 0.25) is 5.02 Å². The van der Waals surface area contributed by atoms with Gasteiger partial charge in [0.15, 0.2) is 6.10 Å². The molecule has 0 radical (unpaired) electrons. The predicted octanol–water partition coefficient (Wildman–Crippen LogP) is 4.59. The van der Waals surface area contributed by atoms with Crippen molar-refractivity contribution in [3.63, 3.8) is 0 Å². The SMILES string of the molecule is CC(Oc1ccc(Oc2nc3ccc(Cl)cc3s2)cc1)C(=O)O. The second-order valence-electron chi connectivity index (χ2n) is 4.76. The van der Waals surface area contributed by atoms with Crippen molar-refractivity contribution in [2.75, 3.05) is 0 Å². The highest BCUT2D eigenvalue weighted by molar-refractivity contribution is 7.20. The first-order chi connectivity index (χ1) is 11.0. The molecule has 0 aliphatic heterocycles. The maximum atomic E-state index is 10.8. The van der Waals surface area contributed by atoms with E-state index in [4.69, 9.17) is 26.2 Å². The number of halogens is 1. The van der Waals surface area contributed by atoms with E-state index in [-0.39, 0.29) is 0 Å². The van der Waals surface area contributed by atoms with Gasteiger partial charge < -0.3 is 14.6 Å². The van der Waals surface area contributed by atoms with Gasteiger partial charge in [-0.05, 0) is 49.4 Å². The average Bonchev–Trinajstić information content (AvgIpc) is 2.90. The molecule has 1 N–H and O–H groups in total. The normalized spacial score (nSPS) is 12.1. The number of carbonyl (C=O) groups is 1. The minimum Gasteiger partial charge on any atom is -0.479 e. The van der Waals surface area contributed by atoms with Crippen LogP contribution < -0.4 is 9.47 Å². The molecule has 0 fully saturated rings. The van der Waals surface area contributed by atoms with Crippen molar-refractivity contribution in [1.82, 2.24) is 4.98 Å². The molecule has 7 heteroatoms. The lowest BCUT2D eigenvalue weighted by Gasteiger charge is -2.10. The molecule has 0 amide bonds. The number of aliphatic carboxylic acids is 1. The molecule has 2 aromatic carbocycles. The van der Waals surface area contributed by atoms with Gasteiger partial charge >= 0.3 is 5.97 Å². The highest BCUT2D eigenvalue weighted by atomic mass is 35.5. The minimum absolute atomic E-state index is 0.461. The summed E-state index contributed by atoms with van der Waals surface area (Å²) >= 11 is 7.35. The monoisotopic (exact) mass is 349 g/mol. The lowest BCUT2D eigenvalue weighted by molar-refractivity contribution is -0.144. The molecule has 1 unspecified atom stereocenters. The largest absolute Gasteiger partial charge is 0.479 e. The van der Waals surface area contributed by atoms with Crippen LogP contribution in [-0.2, 0) is 4.79 Å². The first kappa shape index (κ1) is 15.6. The van der Waals surface area contributed by atoms with Crippen LogP contribution in [0.1, 0.15) is 6.92 Å². The van der Waals surface area contributed by atoms with Crippen LogP contribution >= 0.6 is 22.9 Å². The molecule has 118 valence electrons. The Balaban J connectivity index is 1.73. The van der Waals surface area contributed by atoms with E-state index in [0.717, 1.165) is 10.2 Å². The Bertz CT molecular complexity index is 847. The Kier molecular flexibility index (Phi) is 4.36. The lowest BCUT2D eigenvalue weighted by Crippen LogP contribution is -2.22. The second-order valence-corrected chi connectivity index (χ2v) is 6.19. The van der Waals surface area contributed by atoms with Crippen molar-refractivity contribution < 1.29 is 19.4 Å². The molecule has 3 aromatic rings. The third-order valence-electron chi connectivity index (χ3n) is 3.02. The highest BCUT2D eigenvalue weighted by Crippen LogP contribution is 2.33. The number of rotatable bonds is 5. The fourth-order valence-corrected chi connectivity index (χ4v) is 2.97. The highest BCUT2D eigenvalue weighted by Gasteiger charge is 2.12. The summed E-state index contributed by atoms with van der Waals surface area (Å²) in [6.07, 6.45) is -0.907. The van der Waals surface area contributed by atoms with Crippen LogP contribution in [0.15, 0.2) is 42.5 Å². The summed E-state index contributed by atoms with van der Waals surface area (Å²) in [5.74, 6) is 0.0345. The van der Waals surface area contributed by atoms with Crippen molar-refractivity contribution in [3.05, 3.63) is 47.5 Å². The number of thiazole rings is 1. The molecule has 1 heterocycles. The van der Waals surface area contributed by atoms with E-state index in [1.54, 1.807) is 30.3 Å². The minimum atomic E-state index is -1.02. The van der Waals surface area contributed by atoms with Crippen molar-refractivity contribution in [1.29, 1.82) is 0 Å². The van der Waals surface area contributed by atoms with Gasteiger partial charge in [-0.3, -0.25) is 0 Å². The molecule has 0 aliphatic rings. The number of fused-ring (bicyclic) bond motifs is 1. The lowest BCUT2D eigenvalue weighted by atomic mass is 10.3. The van der Waals surface area contributed by atoms with E-state index in [1.165, 1.54) is 18.3 Å². The summed E-state index contributed by atoms with van der Waals surface area (Å²) in [6, 6.07) is 12.2. The fraction of sp³-hybridized carbons (Fsp3) is 0.125. The smallest absolute Gasteiger partial charge is 0.344 e. The van der Waals surface area contributed by atoms with Crippen molar-refractivity contribution in [3.8, 4) is 16.7 Å². The van der Waals surface area contributed by atoms with Crippen LogP contribution in [0.25, 0.3) is 10.2 Å². The number of nitrogens with zero attached hydrogens (tertiary/aromatic N) is 1. The van der Waals surface area contributed by atoms with Gasteiger partial charge in [-0.2, -0.15) is 0 Å². The summed E-state index contributed by atoms with van der Waals surface area (Å²) in [5, 5.41) is 9.98. The summed E-state index contributed by atoms with van der Waals surface area (Å²) in [6.45, 7) is 1.47. The Hall–Kier alpha value is -2.31. The van der Waals surface area contributed by atoms with E-state index >= 15 is 0 Å². The van der Waals surface area contributed by atoms with Crippen LogP contribution in [0.4, 0.5) is 0 Å². The van der Waals surface area contributed by atoms with E-state index in [0.29, 0.717) is 21.7 Å². The topological polar surface area (TPSA) is 68.7 Å². The Morgan fingerprint density at radius 2 is 1.91 bits per heavy atom. The molecule has 0 saturated heterocycles. The number of hydrogen-bond donors (Lipinski definition) is 1. The predicted molar refractivity (Wildman–Crippen MR) is 88.9 cm³/mol. The Labute approximate surface area is 141 Å². The van der Waals surface area contributed by atoms with Gasteiger partial charge in [0.25, 0.3) is 5.19 Å². The summed E-state index contributed by atoms with van der Waals surface area (Å²) in [7, 11) is 0. The number of hydrogen-bond acceptors (Lipinski definition) is 5. The van der Waals surface area contributed by atoms with E-state index < -0.39 is 12.1 Å². The molecular formula is C16H12ClNO4S. The molecule has 3 rings (SSSR count). The first-order valence-electron chi connectivity index (χ1n) is 6.75. The van der Waals surface area contributed by atoms with Crippen LogP contribution in [0.3, 0.4) is 0 Å². The van der Waals surface area contributed by atoms with Gasteiger partial charge in [0.05, 0.1) is 10.2 Å². The standard InChI is InChI=1S/C16H12ClNO4S/c1-9(15(19)20)21-11-3-5-12(6-4-11)22-16-18-13-7-2-10(17)8-14(13)23-16/h2-9H,1H3,(H,19,20). The fourth-order valence-electron chi connectivity index (χ4n) is 1.86. The summed E-state index contributed by atoms with van der Waals surface area (Å²) < 4.78 is 11.9. The van der Waals surface area contributed by atoms with Crippen LogP contribution in [0, 0.1) is 0 Å². The zero-order chi connectivity index (χ0) is 16.4. The zero-order valence-electron chi connectivity index (χ0n) is 12.0. The van der Waals surface area contributed by atoms with Gasteiger partial charge in [-0.15, -0.1) is 0 Å². The van der Waals surface area contributed by atoms with Gasteiger partial charge in [0.1, 0.15) is 11.5 Å². The number of carboxylic acid groups (broad SMARTS) is 1. The van der Waals surface area contributed by atoms with E-state index in [1.807, 2.05) is 12.1 Å². The Morgan fingerprint density at radius 1 is 1.22 bits per heavy atom.